The Morgan fingerprint density at radius 1 is 1.42 bits per heavy atom. The number of nitrogens with one attached hydrogen (secondary N) is 1. The van der Waals surface area contributed by atoms with Gasteiger partial charge in [-0.3, -0.25) is 0 Å². The van der Waals surface area contributed by atoms with E-state index in [1.54, 1.807) is 7.11 Å². The normalized spacial score (nSPS) is 12.2. The second-order valence-electron chi connectivity index (χ2n) is 4.05. The Bertz CT molecular complexity index is 514. The highest BCUT2D eigenvalue weighted by Gasteiger charge is 2.12. The second kappa shape index (κ2) is 6.19. The number of aromatic nitrogens is 2. The van der Waals surface area contributed by atoms with Gasteiger partial charge in [0.1, 0.15) is 11.5 Å². The zero-order valence-corrected chi connectivity index (χ0v) is 11.2. The Morgan fingerprint density at radius 2 is 2.26 bits per heavy atom. The fraction of sp³-hybridized carbons (Fsp3) is 0.385. The molecule has 0 aliphatic rings. The van der Waals surface area contributed by atoms with Gasteiger partial charge >= 0.3 is 0 Å². The molecule has 1 heterocycles. The lowest BCUT2D eigenvalue weighted by atomic mass is 10.1. The number of hydrogen-bond donors (Lipinski definition) is 1. The summed E-state index contributed by atoms with van der Waals surface area (Å²) in [4.78, 5) is 3.92. The van der Waals surface area contributed by atoms with Crippen molar-refractivity contribution in [1.82, 2.24) is 15.5 Å². The number of benzene rings is 1. The van der Waals surface area contributed by atoms with E-state index in [9.17, 15) is 0 Å². The Morgan fingerprint density at radius 3 is 2.89 bits per heavy atom. The lowest BCUT2D eigenvalue weighted by molar-refractivity contribution is 0.280. The van der Waals surface area contributed by atoms with Gasteiger partial charge in [0, 0.05) is 17.7 Å². The average molecular weight is 263 g/mol. The van der Waals surface area contributed by atoms with Gasteiger partial charge in [-0.1, -0.05) is 11.2 Å². The first-order chi connectivity index (χ1) is 9.24. The highest BCUT2D eigenvalue weighted by Crippen LogP contribution is 2.29. The second-order valence-corrected chi connectivity index (χ2v) is 4.05. The van der Waals surface area contributed by atoms with Gasteiger partial charge in [-0.25, -0.2) is 0 Å². The van der Waals surface area contributed by atoms with Gasteiger partial charge < -0.3 is 19.3 Å². The van der Waals surface area contributed by atoms with Crippen LogP contribution in [0.3, 0.4) is 0 Å². The Hall–Kier alpha value is -2.08. The fourth-order valence-corrected chi connectivity index (χ4v) is 1.68. The third kappa shape index (κ3) is 3.23. The molecule has 0 aliphatic heterocycles. The summed E-state index contributed by atoms with van der Waals surface area (Å²) in [5.41, 5.74) is 1.05. The van der Waals surface area contributed by atoms with E-state index in [1.165, 1.54) is 6.39 Å². The molecule has 6 heteroatoms. The molecule has 0 amide bonds. The third-order valence-corrected chi connectivity index (χ3v) is 2.88. The van der Waals surface area contributed by atoms with Crippen LogP contribution in [-0.4, -0.2) is 24.3 Å². The van der Waals surface area contributed by atoms with Crippen molar-refractivity contribution in [3.8, 4) is 11.5 Å². The van der Waals surface area contributed by atoms with Crippen LogP contribution in [0.5, 0.6) is 11.5 Å². The maximum absolute atomic E-state index is 5.74. The average Bonchev–Trinajstić information content (AvgIpc) is 2.97. The molecular formula is C13H17N3O3. The maximum Gasteiger partial charge on any atom is 0.213 e. The number of ether oxygens (including phenoxy) is 2. The van der Waals surface area contributed by atoms with Crippen molar-refractivity contribution in [2.45, 2.75) is 19.6 Å². The first-order valence-electron chi connectivity index (χ1n) is 5.98. The smallest absolute Gasteiger partial charge is 0.213 e. The minimum atomic E-state index is 0.172. The lowest BCUT2D eigenvalue weighted by Crippen LogP contribution is -2.14. The van der Waals surface area contributed by atoms with E-state index in [-0.39, 0.29) is 12.6 Å². The van der Waals surface area contributed by atoms with Crippen molar-refractivity contribution in [3.63, 3.8) is 0 Å². The summed E-state index contributed by atoms with van der Waals surface area (Å²) in [7, 11) is 3.53. The summed E-state index contributed by atoms with van der Waals surface area (Å²) in [6.45, 7) is 2.32. The van der Waals surface area contributed by atoms with Crippen LogP contribution in [0.15, 0.2) is 29.1 Å². The predicted molar refractivity (Wildman–Crippen MR) is 69.1 cm³/mol. The van der Waals surface area contributed by atoms with Gasteiger partial charge in [0.25, 0.3) is 0 Å². The maximum atomic E-state index is 5.74. The molecule has 1 unspecified atom stereocenters. The van der Waals surface area contributed by atoms with Crippen molar-refractivity contribution in [1.29, 1.82) is 0 Å². The van der Waals surface area contributed by atoms with Crippen molar-refractivity contribution >= 4 is 0 Å². The molecule has 0 fully saturated rings. The molecule has 2 rings (SSSR count). The Labute approximate surface area is 111 Å². The van der Waals surface area contributed by atoms with Gasteiger partial charge in [-0.15, -0.1) is 0 Å². The molecule has 1 aromatic carbocycles. The molecular weight excluding hydrogens is 246 g/mol. The molecule has 0 radical (unpaired) electrons. The Balaban J connectivity index is 2.19. The van der Waals surface area contributed by atoms with Crippen LogP contribution in [0.25, 0.3) is 0 Å². The topological polar surface area (TPSA) is 69.4 Å². The monoisotopic (exact) mass is 263 g/mol. The quantitative estimate of drug-likeness (QED) is 0.859. The summed E-state index contributed by atoms with van der Waals surface area (Å²) < 4.78 is 15.6. The van der Waals surface area contributed by atoms with E-state index < -0.39 is 0 Å². The van der Waals surface area contributed by atoms with Gasteiger partial charge in [0.15, 0.2) is 6.61 Å². The summed E-state index contributed by atoms with van der Waals surface area (Å²) in [5, 5.41) is 6.89. The van der Waals surface area contributed by atoms with E-state index in [2.05, 4.69) is 26.9 Å². The van der Waals surface area contributed by atoms with Crippen molar-refractivity contribution in [2.24, 2.45) is 0 Å². The molecule has 102 valence electrons. The fourth-order valence-electron chi connectivity index (χ4n) is 1.68. The molecule has 6 nitrogen and oxygen atoms in total. The predicted octanol–water partition coefficient (Wildman–Crippen LogP) is 1.94. The van der Waals surface area contributed by atoms with Crippen LogP contribution in [0.1, 0.15) is 24.4 Å². The van der Waals surface area contributed by atoms with Crippen LogP contribution in [-0.2, 0) is 6.61 Å². The number of nitrogens with zero attached hydrogens (tertiary/aromatic N) is 2. The number of rotatable bonds is 6. The zero-order valence-electron chi connectivity index (χ0n) is 11.2. The van der Waals surface area contributed by atoms with Gasteiger partial charge in [-0.05, 0) is 20.0 Å². The first-order valence-corrected chi connectivity index (χ1v) is 5.98. The zero-order chi connectivity index (χ0) is 13.7. The van der Waals surface area contributed by atoms with Crippen molar-refractivity contribution in [3.05, 3.63) is 36.0 Å². The number of hydrogen-bond acceptors (Lipinski definition) is 6. The molecule has 0 saturated carbocycles. The van der Waals surface area contributed by atoms with E-state index in [0.29, 0.717) is 5.82 Å². The third-order valence-electron chi connectivity index (χ3n) is 2.88. The van der Waals surface area contributed by atoms with Crippen molar-refractivity contribution in [2.75, 3.05) is 14.2 Å². The van der Waals surface area contributed by atoms with Crippen LogP contribution in [0.2, 0.25) is 0 Å². The van der Waals surface area contributed by atoms with E-state index in [0.717, 1.165) is 17.1 Å². The molecule has 1 aromatic heterocycles. The summed E-state index contributed by atoms with van der Waals surface area (Å²) in [6.07, 6.45) is 1.28. The van der Waals surface area contributed by atoms with Crippen LogP contribution < -0.4 is 14.8 Å². The van der Waals surface area contributed by atoms with Crippen LogP contribution in [0.4, 0.5) is 0 Å². The van der Waals surface area contributed by atoms with Crippen LogP contribution in [0, 0.1) is 0 Å². The highest BCUT2D eigenvalue weighted by atomic mass is 16.5. The standard InChI is InChI=1S/C13H17N3O3/c1-9(14-2)11-5-4-10(17-3)6-12(11)18-7-13-15-8-19-16-13/h4-6,8-9,14H,7H2,1-3H3. The summed E-state index contributed by atoms with van der Waals surface area (Å²) in [6, 6.07) is 5.91. The summed E-state index contributed by atoms with van der Waals surface area (Å²) in [5.74, 6) is 1.99. The van der Waals surface area contributed by atoms with Gasteiger partial charge in [0.2, 0.25) is 12.2 Å². The van der Waals surface area contributed by atoms with Gasteiger partial charge in [0.05, 0.1) is 7.11 Å². The Kier molecular flexibility index (Phi) is 4.35. The molecule has 0 spiro atoms. The van der Waals surface area contributed by atoms with Gasteiger partial charge in [-0.2, -0.15) is 4.98 Å². The molecule has 1 N–H and O–H groups in total. The minimum absolute atomic E-state index is 0.172. The molecule has 19 heavy (non-hydrogen) atoms. The van der Waals surface area contributed by atoms with E-state index in [1.807, 2.05) is 25.2 Å². The minimum Gasteiger partial charge on any atom is -0.497 e. The largest absolute Gasteiger partial charge is 0.497 e. The van der Waals surface area contributed by atoms with E-state index in [4.69, 9.17) is 9.47 Å². The molecule has 0 saturated heterocycles. The SMILES string of the molecule is CNC(C)c1ccc(OC)cc1OCc1ncon1. The number of methoxy groups -OCH3 is 1. The molecule has 1 atom stereocenters. The van der Waals surface area contributed by atoms with E-state index >= 15 is 0 Å². The highest BCUT2D eigenvalue weighted by molar-refractivity contribution is 5.42. The van der Waals surface area contributed by atoms with Crippen molar-refractivity contribution < 1.29 is 14.0 Å². The molecule has 0 bridgehead atoms. The summed E-state index contributed by atoms with van der Waals surface area (Å²) >= 11 is 0. The lowest BCUT2D eigenvalue weighted by Gasteiger charge is -2.16. The molecule has 0 aliphatic carbocycles. The molecule has 2 aromatic rings. The first kappa shape index (κ1) is 13.4. The van der Waals surface area contributed by atoms with Crippen LogP contribution >= 0.6 is 0 Å².